The van der Waals surface area contributed by atoms with Gasteiger partial charge in [-0.15, -0.1) is 24.2 Å². The highest BCUT2D eigenvalue weighted by molar-refractivity contribution is 7.98. The van der Waals surface area contributed by atoms with E-state index in [9.17, 15) is 0 Å². The van der Waals surface area contributed by atoms with E-state index in [-0.39, 0.29) is 12.4 Å². The van der Waals surface area contributed by atoms with Crippen molar-refractivity contribution in [3.8, 4) is 0 Å². The standard InChI is InChI=1S/C7H9ClN2S.ClH/c1-11-7-2-5(8)4-10-6(7)3-9;/h2,4H,3,9H2,1H3;1H. The molecule has 0 bridgehead atoms. The summed E-state index contributed by atoms with van der Waals surface area (Å²) >= 11 is 7.34. The maximum atomic E-state index is 5.74. The van der Waals surface area contributed by atoms with Gasteiger partial charge in [0.1, 0.15) is 0 Å². The van der Waals surface area contributed by atoms with E-state index in [2.05, 4.69) is 4.98 Å². The van der Waals surface area contributed by atoms with Crippen LogP contribution in [0, 0.1) is 0 Å². The van der Waals surface area contributed by atoms with Crippen LogP contribution in [0.5, 0.6) is 0 Å². The quantitative estimate of drug-likeness (QED) is 0.785. The van der Waals surface area contributed by atoms with Crippen LogP contribution >= 0.6 is 35.8 Å². The Kier molecular flexibility index (Phi) is 5.66. The molecule has 0 atom stereocenters. The Morgan fingerprint density at radius 2 is 2.33 bits per heavy atom. The van der Waals surface area contributed by atoms with E-state index in [1.54, 1.807) is 18.0 Å². The van der Waals surface area contributed by atoms with E-state index >= 15 is 0 Å². The van der Waals surface area contributed by atoms with Crippen molar-refractivity contribution in [3.63, 3.8) is 0 Å². The molecule has 5 heteroatoms. The molecule has 0 aliphatic rings. The summed E-state index contributed by atoms with van der Waals surface area (Å²) in [5.74, 6) is 0. The molecule has 0 spiro atoms. The van der Waals surface area contributed by atoms with Gasteiger partial charge in [0.05, 0.1) is 10.7 Å². The summed E-state index contributed by atoms with van der Waals surface area (Å²) in [5.41, 5.74) is 6.36. The molecule has 0 amide bonds. The van der Waals surface area contributed by atoms with Gasteiger partial charge in [0.2, 0.25) is 0 Å². The molecule has 0 aromatic carbocycles. The fourth-order valence-corrected chi connectivity index (χ4v) is 1.62. The summed E-state index contributed by atoms with van der Waals surface area (Å²) in [6.07, 6.45) is 3.59. The second-order valence-electron chi connectivity index (χ2n) is 2.01. The highest BCUT2D eigenvalue weighted by Crippen LogP contribution is 2.21. The lowest BCUT2D eigenvalue weighted by molar-refractivity contribution is 0.945. The molecule has 0 aliphatic carbocycles. The van der Waals surface area contributed by atoms with E-state index in [4.69, 9.17) is 17.3 Å². The second-order valence-corrected chi connectivity index (χ2v) is 3.29. The number of aromatic nitrogens is 1. The molecule has 2 N–H and O–H groups in total. The predicted octanol–water partition coefficient (Wildman–Crippen LogP) is 2.34. The number of thioether (sulfide) groups is 1. The molecule has 1 heterocycles. The summed E-state index contributed by atoms with van der Waals surface area (Å²) in [4.78, 5) is 5.15. The first-order chi connectivity index (χ1) is 5.27. The number of rotatable bonds is 2. The fourth-order valence-electron chi connectivity index (χ4n) is 0.779. The average Bonchev–Trinajstić information content (AvgIpc) is 2.04. The molecule has 0 saturated carbocycles. The third-order valence-corrected chi connectivity index (χ3v) is 2.31. The monoisotopic (exact) mass is 224 g/mol. The van der Waals surface area contributed by atoms with Crippen molar-refractivity contribution in [2.75, 3.05) is 6.26 Å². The summed E-state index contributed by atoms with van der Waals surface area (Å²) in [5, 5.41) is 0.659. The lowest BCUT2D eigenvalue weighted by atomic mass is 10.3. The summed E-state index contributed by atoms with van der Waals surface area (Å²) < 4.78 is 0. The molecule has 12 heavy (non-hydrogen) atoms. The van der Waals surface area contributed by atoms with Gasteiger partial charge in [-0.3, -0.25) is 4.98 Å². The minimum absolute atomic E-state index is 0. The Morgan fingerprint density at radius 3 is 2.83 bits per heavy atom. The van der Waals surface area contributed by atoms with Crippen LogP contribution < -0.4 is 5.73 Å². The van der Waals surface area contributed by atoms with Crippen molar-refractivity contribution in [2.45, 2.75) is 11.4 Å². The zero-order valence-corrected chi connectivity index (χ0v) is 8.97. The van der Waals surface area contributed by atoms with E-state index in [0.29, 0.717) is 11.6 Å². The van der Waals surface area contributed by atoms with Gasteiger partial charge in [0.15, 0.2) is 0 Å². The minimum Gasteiger partial charge on any atom is -0.325 e. The first-order valence-corrected chi connectivity index (χ1v) is 4.76. The molecular formula is C7H10Cl2N2S. The zero-order valence-electron chi connectivity index (χ0n) is 6.58. The van der Waals surface area contributed by atoms with Gasteiger partial charge in [-0.25, -0.2) is 0 Å². The van der Waals surface area contributed by atoms with Crippen LogP contribution in [0.4, 0.5) is 0 Å². The number of hydrogen-bond acceptors (Lipinski definition) is 3. The second kappa shape index (κ2) is 5.65. The van der Waals surface area contributed by atoms with Gasteiger partial charge in [-0.2, -0.15) is 0 Å². The Hall–Kier alpha value is 0.0400. The first-order valence-electron chi connectivity index (χ1n) is 3.16. The van der Waals surface area contributed by atoms with Crippen molar-refractivity contribution in [1.82, 2.24) is 4.98 Å². The van der Waals surface area contributed by atoms with Crippen LogP contribution in [0.15, 0.2) is 17.2 Å². The first kappa shape index (κ1) is 12.0. The summed E-state index contributed by atoms with van der Waals surface area (Å²) in [7, 11) is 0. The third-order valence-electron chi connectivity index (χ3n) is 1.31. The summed E-state index contributed by atoms with van der Waals surface area (Å²) in [6, 6.07) is 1.88. The van der Waals surface area contributed by atoms with Gasteiger partial charge in [0, 0.05) is 17.6 Å². The molecule has 2 nitrogen and oxygen atoms in total. The highest BCUT2D eigenvalue weighted by atomic mass is 35.5. The van der Waals surface area contributed by atoms with Crippen LogP contribution in [0.2, 0.25) is 5.02 Å². The average molecular weight is 225 g/mol. The van der Waals surface area contributed by atoms with Gasteiger partial charge in [0.25, 0.3) is 0 Å². The van der Waals surface area contributed by atoms with Crippen LogP contribution in [-0.2, 0) is 6.54 Å². The Labute approximate surface area is 87.3 Å². The topological polar surface area (TPSA) is 38.9 Å². The largest absolute Gasteiger partial charge is 0.325 e. The van der Waals surface area contributed by atoms with Gasteiger partial charge in [-0.1, -0.05) is 11.6 Å². The number of nitrogens with two attached hydrogens (primary N) is 1. The van der Waals surface area contributed by atoms with E-state index in [1.807, 2.05) is 12.3 Å². The fraction of sp³-hybridized carbons (Fsp3) is 0.286. The van der Waals surface area contributed by atoms with Crippen LogP contribution in [0.3, 0.4) is 0 Å². The van der Waals surface area contributed by atoms with Crippen LogP contribution in [0.1, 0.15) is 5.69 Å². The normalized spacial score (nSPS) is 9.25. The van der Waals surface area contributed by atoms with Crippen molar-refractivity contribution in [3.05, 3.63) is 23.0 Å². The van der Waals surface area contributed by atoms with Gasteiger partial charge < -0.3 is 5.73 Å². The van der Waals surface area contributed by atoms with E-state index in [0.717, 1.165) is 10.6 Å². The molecule has 1 rings (SSSR count). The summed E-state index contributed by atoms with van der Waals surface area (Å²) in [6.45, 7) is 0.466. The Bertz CT molecular complexity index is 255. The molecule has 0 saturated heterocycles. The lowest BCUT2D eigenvalue weighted by Crippen LogP contribution is -2.00. The number of hydrogen-bond donors (Lipinski definition) is 1. The number of nitrogens with zero attached hydrogens (tertiary/aromatic N) is 1. The molecule has 1 aromatic heterocycles. The lowest BCUT2D eigenvalue weighted by Gasteiger charge is -2.02. The molecule has 0 radical (unpaired) electrons. The van der Waals surface area contributed by atoms with Gasteiger partial charge in [-0.05, 0) is 12.3 Å². The highest BCUT2D eigenvalue weighted by Gasteiger charge is 2.00. The van der Waals surface area contributed by atoms with Crippen LogP contribution in [-0.4, -0.2) is 11.2 Å². The maximum Gasteiger partial charge on any atom is 0.0675 e. The smallest absolute Gasteiger partial charge is 0.0675 e. The maximum absolute atomic E-state index is 5.74. The van der Waals surface area contributed by atoms with Crippen LogP contribution in [0.25, 0.3) is 0 Å². The molecular weight excluding hydrogens is 215 g/mol. The van der Waals surface area contributed by atoms with E-state index in [1.165, 1.54) is 0 Å². The molecule has 0 aliphatic heterocycles. The van der Waals surface area contributed by atoms with Crippen molar-refractivity contribution in [2.24, 2.45) is 5.73 Å². The third kappa shape index (κ3) is 2.83. The Balaban J connectivity index is 0.00000121. The SMILES string of the molecule is CSc1cc(Cl)cnc1CN.Cl. The van der Waals surface area contributed by atoms with Crippen molar-refractivity contribution in [1.29, 1.82) is 0 Å². The number of pyridine rings is 1. The molecule has 0 unspecified atom stereocenters. The molecule has 0 fully saturated rings. The zero-order chi connectivity index (χ0) is 8.27. The van der Waals surface area contributed by atoms with E-state index < -0.39 is 0 Å². The molecule has 1 aromatic rings. The minimum atomic E-state index is 0. The van der Waals surface area contributed by atoms with Gasteiger partial charge >= 0.3 is 0 Å². The Morgan fingerprint density at radius 1 is 1.67 bits per heavy atom. The van der Waals surface area contributed by atoms with Crippen molar-refractivity contribution < 1.29 is 0 Å². The predicted molar refractivity (Wildman–Crippen MR) is 56.2 cm³/mol. The molecule has 68 valence electrons. The number of halogens is 2. The van der Waals surface area contributed by atoms with Crippen molar-refractivity contribution >= 4 is 35.8 Å².